The summed E-state index contributed by atoms with van der Waals surface area (Å²) in [6.45, 7) is 3.37. The molecule has 0 heterocycles. The van der Waals surface area contributed by atoms with Crippen LogP contribution in [-0.2, 0) is 0 Å². The molecule has 21 heavy (non-hydrogen) atoms. The Morgan fingerprint density at radius 3 is 2.52 bits per heavy atom. The van der Waals surface area contributed by atoms with E-state index in [0.29, 0.717) is 6.04 Å². The van der Waals surface area contributed by atoms with Gasteiger partial charge in [-0.3, -0.25) is 0 Å². The summed E-state index contributed by atoms with van der Waals surface area (Å²) >= 11 is 0. The van der Waals surface area contributed by atoms with E-state index in [2.05, 4.69) is 24.2 Å². The lowest BCUT2D eigenvalue weighted by Gasteiger charge is -2.34. The van der Waals surface area contributed by atoms with Crippen molar-refractivity contribution in [3.63, 3.8) is 0 Å². The molecule has 1 aromatic carbocycles. The van der Waals surface area contributed by atoms with Crippen molar-refractivity contribution in [1.82, 2.24) is 10.2 Å². The number of hydrogen-bond donors (Lipinski definition) is 1. The molecule has 0 saturated heterocycles. The Hall–Kier alpha value is -0.930. The van der Waals surface area contributed by atoms with Crippen molar-refractivity contribution in [3.05, 3.63) is 35.6 Å². The highest BCUT2D eigenvalue weighted by molar-refractivity contribution is 5.21. The predicted octanol–water partition coefficient (Wildman–Crippen LogP) is 3.99. The van der Waals surface area contributed by atoms with Crippen LogP contribution in [-0.4, -0.2) is 31.6 Å². The first kappa shape index (κ1) is 16.4. The molecule has 1 aliphatic carbocycles. The van der Waals surface area contributed by atoms with E-state index in [4.69, 9.17) is 0 Å². The first-order valence-electron chi connectivity index (χ1n) is 8.23. The number of rotatable bonds is 6. The number of benzene rings is 1. The van der Waals surface area contributed by atoms with Gasteiger partial charge < -0.3 is 10.2 Å². The molecular formula is C18H29FN2. The Morgan fingerprint density at radius 2 is 1.90 bits per heavy atom. The van der Waals surface area contributed by atoms with Crippen molar-refractivity contribution in [2.75, 3.05) is 20.6 Å². The molecule has 1 aliphatic rings. The zero-order valence-corrected chi connectivity index (χ0v) is 13.6. The van der Waals surface area contributed by atoms with Gasteiger partial charge in [-0.15, -0.1) is 0 Å². The van der Waals surface area contributed by atoms with E-state index in [-0.39, 0.29) is 11.9 Å². The Kier molecular flexibility index (Phi) is 6.19. The van der Waals surface area contributed by atoms with Gasteiger partial charge in [0.1, 0.15) is 5.82 Å². The summed E-state index contributed by atoms with van der Waals surface area (Å²) < 4.78 is 13.9. The van der Waals surface area contributed by atoms with Gasteiger partial charge in [-0.05, 0) is 64.7 Å². The van der Waals surface area contributed by atoms with E-state index in [1.165, 1.54) is 25.7 Å². The van der Waals surface area contributed by atoms with Crippen molar-refractivity contribution in [1.29, 1.82) is 0 Å². The standard InChI is InChI=1S/C18H29FN2/c1-14-8-10-15(11-9-14)21(3)13-12-18(20-2)16-6-4-5-7-17(16)19/h4-7,14-15,18,20H,8-13H2,1-3H3. The first-order chi connectivity index (χ1) is 10.1. The maximum atomic E-state index is 13.9. The van der Waals surface area contributed by atoms with Crippen LogP contribution in [0.3, 0.4) is 0 Å². The third kappa shape index (κ3) is 4.52. The van der Waals surface area contributed by atoms with Crippen LogP contribution >= 0.6 is 0 Å². The second-order valence-electron chi connectivity index (χ2n) is 6.55. The maximum absolute atomic E-state index is 13.9. The lowest BCUT2D eigenvalue weighted by atomic mass is 9.86. The fraction of sp³-hybridized carbons (Fsp3) is 0.667. The van der Waals surface area contributed by atoms with Gasteiger partial charge in [0.15, 0.2) is 0 Å². The summed E-state index contributed by atoms with van der Waals surface area (Å²) in [7, 11) is 4.13. The van der Waals surface area contributed by atoms with Gasteiger partial charge in [-0.1, -0.05) is 25.1 Å². The fourth-order valence-electron chi connectivity index (χ4n) is 3.41. The Labute approximate surface area is 128 Å². The van der Waals surface area contributed by atoms with E-state index >= 15 is 0 Å². The van der Waals surface area contributed by atoms with Crippen molar-refractivity contribution in [2.24, 2.45) is 5.92 Å². The highest BCUT2D eigenvalue weighted by Gasteiger charge is 2.22. The van der Waals surface area contributed by atoms with Crippen LogP contribution in [0, 0.1) is 11.7 Å². The van der Waals surface area contributed by atoms with E-state index < -0.39 is 0 Å². The van der Waals surface area contributed by atoms with Gasteiger partial charge in [-0.25, -0.2) is 4.39 Å². The third-order valence-electron chi connectivity index (χ3n) is 5.01. The molecular weight excluding hydrogens is 263 g/mol. The van der Waals surface area contributed by atoms with Gasteiger partial charge in [0.2, 0.25) is 0 Å². The summed E-state index contributed by atoms with van der Waals surface area (Å²) in [5, 5.41) is 3.26. The van der Waals surface area contributed by atoms with Crippen molar-refractivity contribution in [2.45, 2.75) is 51.1 Å². The van der Waals surface area contributed by atoms with E-state index in [9.17, 15) is 4.39 Å². The minimum absolute atomic E-state index is 0.0937. The monoisotopic (exact) mass is 292 g/mol. The molecule has 0 aliphatic heterocycles. The lowest BCUT2D eigenvalue weighted by Crippen LogP contribution is -2.36. The van der Waals surface area contributed by atoms with Gasteiger partial charge in [-0.2, -0.15) is 0 Å². The molecule has 0 radical (unpaired) electrons. The Balaban J connectivity index is 1.87. The molecule has 0 bridgehead atoms. The second kappa shape index (κ2) is 7.90. The zero-order chi connectivity index (χ0) is 15.2. The fourth-order valence-corrected chi connectivity index (χ4v) is 3.41. The highest BCUT2D eigenvalue weighted by Crippen LogP contribution is 2.27. The normalized spacial score (nSPS) is 24.2. The molecule has 3 heteroatoms. The first-order valence-corrected chi connectivity index (χ1v) is 8.23. The van der Waals surface area contributed by atoms with Gasteiger partial charge in [0.25, 0.3) is 0 Å². The van der Waals surface area contributed by atoms with E-state index in [1.54, 1.807) is 12.1 Å². The largest absolute Gasteiger partial charge is 0.313 e. The number of halogens is 1. The van der Waals surface area contributed by atoms with Gasteiger partial charge >= 0.3 is 0 Å². The van der Waals surface area contributed by atoms with Crippen LogP contribution < -0.4 is 5.32 Å². The summed E-state index contributed by atoms with van der Waals surface area (Å²) in [4.78, 5) is 2.47. The molecule has 1 unspecified atom stereocenters. The molecule has 1 atom stereocenters. The quantitative estimate of drug-likeness (QED) is 0.853. The van der Waals surface area contributed by atoms with Crippen molar-refractivity contribution < 1.29 is 4.39 Å². The highest BCUT2D eigenvalue weighted by atomic mass is 19.1. The van der Waals surface area contributed by atoms with Gasteiger partial charge in [0, 0.05) is 17.6 Å². The average molecular weight is 292 g/mol. The summed E-state index contributed by atoms with van der Waals surface area (Å²) in [5.41, 5.74) is 0.783. The van der Waals surface area contributed by atoms with Crippen molar-refractivity contribution >= 4 is 0 Å². The summed E-state index contributed by atoms with van der Waals surface area (Å²) in [6, 6.07) is 7.90. The van der Waals surface area contributed by atoms with E-state index in [1.807, 2.05) is 19.2 Å². The van der Waals surface area contributed by atoms with Gasteiger partial charge in [0.05, 0.1) is 0 Å². The summed E-state index contributed by atoms with van der Waals surface area (Å²) in [6.07, 6.45) is 6.25. The molecule has 1 saturated carbocycles. The van der Waals surface area contributed by atoms with Crippen LogP contribution in [0.5, 0.6) is 0 Å². The summed E-state index contributed by atoms with van der Waals surface area (Å²) in [5.74, 6) is 0.782. The predicted molar refractivity (Wildman–Crippen MR) is 86.9 cm³/mol. The molecule has 1 N–H and O–H groups in total. The van der Waals surface area contributed by atoms with Crippen LogP contribution in [0.4, 0.5) is 4.39 Å². The third-order valence-corrected chi connectivity index (χ3v) is 5.01. The molecule has 2 nitrogen and oxygen atoms in total. The molecule has 118 valence electrons. The minimum atomic E-state index is -0.106. The van der Waals surface area contributed by atoms with Crippen LogP contribution in [0.2, 0.25) is 0 Å². The number of hydrogen-bond acceptors (Lipinski definition) is 2. The molecule has 0 aromatic heterocycles. The molecule has 2 rings (SSSR count). The smallest absolute Gasteiger partial charge is 0.127 e. The number of nitrogens with one attached hydrogen (secondary N) is 1. The van der Waals surface area contributed by atoms with E-state index in [0.717, 1.165) is 24.4 Å². The molecule has 1 fully saturated rings. The van der Waals surface area contributed by atoms with Crippen LogP contribution in [0.15, 0.2) is 24.3 Å². The molecule has 0 amide bonds. The molecule has 1 aromatic rings. The number of nitrogens with zero attached hydrogens (tertiary/aromatic N) is 1. The second-order valence-corrected chi connectivity index (χ2v) is 6.55. The average Bonchev–Trinajstić information content (AvgIpc) is 2.50. The lowest BCUT2D eigenvalue weighted by molar-refractivity contribution is 0.164. The Morgan fingerprint density at radius 1 is 1.24 bits per heavy atom. The zero-order valence-electron chi connectivity index (χ0n) is 13.6. The maximum Gasteiger partial charge on any atom is 0.127 e. The Bertz CT molecular complexity index is 427. The molecule has 0 spiro atoms. The topological polar surface area (TPSA) is 15.3 Å². The van der Waals surface area contributed by atoms with Crippen molar-refractivity contribution in [3.8, 4) is 0 Å². The minimum Gasteiger partial charge on any atom is -0.313 e. The SMILES string of the molecule is CNC(CCN(C)C1CCC(C)CC1)c1ccccc1F. The van der Waals surface area contributed by atoms with Crippen LogP contribution in [0.25, 0.3) is 0 Å². The van der Waals surface area contributed by atoms with Crippen LogP contribution in [0.1, 0.15) is 50.6 Å².